The van der Waals surface area contributed by atoms with Crippen molar-refractivity contribution >= 4 is 15.7 Å². The quantitative estimate of drug-likeness (QED) is 0.643. The lowest BCUT2D eigenvalue weighted by Crippen LogP contribution is -2.43. The Morgan fingerprint density at radius 2 is 1.92 bits per heavy atom. The van der Waals surface area contributed by atoms with E-state index in [2.05, 4.69) is 5.32 Å². The van der Waals surface area contributed by atoms with Gasteiger partial charge in [0.1, 0.15) is 9.84 Å². The molecule has 5 heteroatoms. The van der Waals surface area contributed by atoms with Crippen LogP contribution in [0.3, 0.4) is 0 Å². The molecule has 0 aromatic rings. The van der Waals surface area contributed by atoms with Crippen LogP contribution in [0.4, 0.5) is 0 Å². The minimum atomic E-state index is -2.92. The lowest BCUT2D eigenvalue weighted by molar-refractivity contribution is -0.126. The van der Waals surface area contributed by atoms with E-state index in [0.29, 0.717) is 12.8 Å². The molecule has 1 N–H and O–H groups in total. The normalized spacial score (nSPS) is 29.2. The summed E-state index contributed by atoms with van der Waals surface area (Å²) in [6.07, 6.45) is 2.19. The van der Waals surface area contributed by atoms with Crippen molar-refractivity contribution in [2.75, 3.05) is 13.3 Å². The van der Waals surface area contributed by atoms with Gasteiger partial charge in [0.05, 0.1) is 5.25 Å². The molecule has 0 unspecified atom stereocenters. The third-order valence-electron chi connectivity index (χ3n) is 2.32. The summed E-state index contributed by atoms with van der Waals surface area (Å²) < 4.78 is 21.9. The summed E-state index contributed by atoms with van der Waals surface area (Å²) in [4.78, 5) is 11.0. The zero-order valence-corrected chi connectivity index (χ0v) is 8.02. The van der Waals surface area contributed by atoms with Crippen LogP contribution in [-0.2, 0) is 14.6 Å². The molecule has 1 aliphatic rings. The van der Waals surface area contributed by atoms with E-state index in [1.165, 1.54) is 6.26 Å². The molecule has 1 aliphatic carbocycles. The highest BCUT2D eigenvalue weighted by Crippen LogP contribution is 2.32. The van der Waals surface area contributed by atoms with Crippen LogP contribution in [-0.4, -0.2) is 32.9 Å². The second-order valence-electron chi connectivity index (χ2n) is 3.23. The molecule has 1 rings (SSSR count). The zero-order valence-electron chi connectivity index (χ0n) is 7.20. The van der Waals surface area contributed by atoms with Crippen LogP contribution in [0.1, 0.15) is 12.8 Å². The van der Waals surface area contributed by atoms with Crippen LogP contribution in [0.5, 0.6) is 0 Å². The van der Waals surface area contributed by atoms with Crippen LogP contribution in [0.2, 0.25) is 0 Å². The highest BCUT2D eigenvalue weighted by atomic mass is 32.2. The highest BCUT2D eigenvalue weighted by molar-refractivity contribution is 7.91. The first-order valence-electron chi connectivity index (χ1n) is 3.85. The Hall–Kier alpha value is -0.580. The molecule has 0 bridgehead atoms. The molecule has 0 atom stereocenters. The zero-order chi connectivity index (χ0) is 9.35. The first-order valence-corrected chi connectivity index (χ1v) is 5.81. The van der Waals surface area contributed by atoms with Gasteiger partial charge in [-0.25, -0.2) is 8.42 Å². The van der Waals surface area contributed by atoms with Crippen LogP contribution < -0.4 is 5.32 Å². The maximum Gasteiger partial charge on any atom is 0.222 e. The topological polar surface area (TPSA) is 63.2 Å². The second-order valence-corrected chi connectivity index (χ2v) is 5.56. The number of rotatable bonds is 2. The van der Waals surface area contributed by atoms with Gasteiger partial charge in [0.2, 0.25) is 5.91 Å². The summed E-state index contributed by atoms with van der Waals surface area (Å²) in [5, 5.41) is 2.21. The molecular weight excluding hydrogens is 178 g/mol. The number of hydrogen-bond acceptors (Lipinski definition) is 3. The Balaban J connectivity index is 2.44. The van der Waals surface area contributed by atoms with Gasteiger partial charge in [-0.15, -0.1) is 0 Å². The summed E-state index contributed by atoms with van der Waals surface area (Å²) >= 11 is 0. The van der Waals surface area contributed by atoms with Gasteiger partial charge in [-0.1, -0.05) is 0 Å². The number of sulfone groups is 1. The van der Waals surface area contributed by atoms with Gasteiger partial charge in [0, 0.05) is 19.2 Å². The van der Waals surface area contributed by atoms with Crippen molar-refractivity contribution in [1.29, 1.82) is 0 Å². The van der Waals surface area contributed by atoms with Gasteiger partial charge in [-0.05, 0) is 12.8 Å². The minimum Gasteiger partial charge on any atom is -0.359 e. The molecule has 0 saturated heterocycles. The Morgan fingerprint density at radius 1 is 1.42 bits per heavy atom. The summed E-state index contributed by atoms with van der Waals surface area (Å²) in [5.41, 5.74) is 0. The standard InChI is InChI=1S/C7H13NO3S/c1-8-7(9)5-3-6(4-5)12(2,10)11/h5-6H,3-4H2,1-2H3,(H,8,9). The van der Waals surface area contributed by atoms with Gasteiger partial charge < -0.3 is 5.32 Å². The van der Waals surface area contributed by atoms with Crippen molar-refractivity contribution < 1.29 is 13.2 Å². The van der Waals surface area contributed by atoms with Gasteiger partial charge in [-0.3, -0.25) is 4.79 Å². The third-order valence-corrected chi connectivity index (χ3v) is 3.91. The van der Waals surface area contributed by atoms with Crippen LogP contribution in [0.25, 0.3) is 0 Å². The molecule has 70 valence electrons. The Labute approximate surface area is 72.3 Å². The predicted molar refractivity (Wildman–Crippen MR) is 45.4 cm³/mol. The van der Waals surface area contributed by atoms with Crippen molar-refractivity contribution in [3.05, 3.63) is 0 Å². The minimum absolute atomic E-state index is 0.0464. The molecular formula is C7H13NO3S. The van der Waals surface area contributed by atoms with E-state index in [1.807, 2.05) is 0 Å². The number of nitrogens with one attached hydrogen (secondary N) is 1. The lowest BCUT2D eigenvalue weighted by Gasteiger charge is -2.32. The van der Waals surface area contributed by atoms with E-state index in [9.17, 15) is 13.2 Å². The largest absolute Gasteiger partial charge is 0.359 e. The predicted octanol–water partition coefficient (Wildman–Crippen LogP) is -0.444. The van der Waals surface area contributed by atoms with Crippen LogP contribution in [0.15, 0.2) is 0 Å². The fraction of sp³-hybridized carbons (Fsp3) is 0.857. The molecule has 0 spiro atoms. The first-order chi connectivity index (χ1) is 5.45. The van der Waals surface area contributed by atoms with Gasteiger partial charge in [0.25, 0.3) is 0 Å². The van der Waals surface area contributed by atoms with Crippen LogP contribution >= 0.6 is 0 Å². The van der Waals surface area contributed by atoms with E-state index in [0.717, 1.165) is 0 Å². The number of amides is 1. The van der Waals surface area contributed by atoms with Gasteiger partial charge in [-0.2, -0.15) is 0 Å². The average Bonchev–Trinajstić information content (AvgIpc) is 1.80. The molecule has 0 aromatic heterocycles. The van der Waals surface area contributed by atoms with Gasteiger partial charge in [0.15, 0.2) is 0 Å². The fourth-order valence-electron chi connectivity index (χ4n) is 1.33. The molecule has 12 heavy (non-hydrogen) atoms. The highest BCUT2D eigenvalue weighted by Gasteiger charge is 2.39. The lowest BCUT2D eigenvalue weighted by atomic mass is 9.84. The van der Waals surface area contributed by atoms with E-state index in [4.69, 9.17) is 0 Å². The van der Waals surface area contributed by atoms with E-state index >= 15 is 0 Å². The number of hydrogen-bond donors (Lipinski definition) is 1. The Bertz CT molecular complexity index is 277. The molecule has 0 heterocycles. The van der Waals surface area contributed by atoms with Gasteiger partial charge >= 0.3 is 0 Å². The molecule has 4 nitrogen and oxygen atoms in total. The van der Waals surface area contributed by atoms with E-state index < -0.39 is 9.84 Å². The third kappa shape index (κ3) is 1.77. The van der Waals surface area contributed by atoms with Crippen molar-refractivity contribution in [2.45, 2.75) is 18.1 Å². The number of carbonyl (C=O) groups is 1. The molecule has 0 aromatic carbocycles. The molecule has 1 fully saturated rings. The van der Waals surface area contributed by atoms with Crippen molar-refractivity contribution in [1.82, 2.24) is 5.32 Å². The number of carbonyl (C=O) groups excluding carboxylic acids is 1. The summed E-state index contributed by atoms with van der Waals surface area (Å²) in [6, 6.07) is 0. The Kier molecular flexibility index (Phi) is 2.41. The molecule has 1 saturated carbocycles. The fourth-order valence-corrected chi connectivity index (χ4v) is 2.50. The molecule has 1 amide bonds. The van der Waals surface area contributed by atoms with Crippen LogP contribution in [0, 0.1) is 5.92 Å². The monoisotopic (exact) mass is 191 g/mol. The van der Waals surface area contributed by atoms with Crippen molar-refractivity contribution in [2.24, 2.45) is 5.92 Å². The molecule has 0 aliphatic heterocycles. The average molecular weight is 191 g/mol. The van der Waals surface area contributed by atoms with Crippen molar-refractivity contribution in [3.8, 4) is 0 Å². The maximum atomic E-state index is 11.0. The van der Waals surface area contributed by atoms with E-state index in [1.54, 1.807) is 7.05 Å². The maximum absolute atomic E-state index is 11.0. The SMILES string of the molecule is CNC(=O)C1CC(S(C)(=O)=O)C1. The van der Waals surface area contributed by atoms with E-state index in [-0.39, 0.29) is 17.1 Å². The summed E-state index contributed by atoms with van der Waals surface area (Å²) in [7, 11) is -1.36. The Morgan fingerprint density at radius 3 is 2.25 bits per heavy atom. The summed E-state index contributed by atoms with van der Waals surface area (Å²) in [5.74, 6) is -0.135. The second kappa shape index (κ2) is 3.05. The van der Waals surface area contributed by atoms with Crippen molar-refractivity contribution in [3.63, 3.8) is 0 Å². The summed E-state index contributed by atoms with van der Waals surface area (Å²) in [6.45, 7) is 0. The molecule has 0 radical (unpaired) electrons. The smallest absolute Gasteiger partial charge is 0.222 e. The first kappa shape index (κ1) is 9.51.